The van der Waals surface area contributed by atoms with Gasteiger partial charge in [-0.15, -0.1) is 0 Å². The first-order chi connectivity index (χ1) is 14.1. The van der Waals surface area contributed by atoms with E-state index in [0.29, 0.717) is 6.54 Å². The lowest BCUT2D eigenvalue weighted by atomic mass is 9.85. The largest absolute Gasteiger partial charge is 0.357 e. The molecule has 2 N–H and O–H groups in total. The fraction of sp³-hybridized carbons (Fsp3) is 0.333. The number of nitrogens with one attached hydrogen (secondary N) is 2. The zero-order chi connectivity index (χ0) is 20.5. The fourth-order valence-electron chi connectivity index (χ4n) is 3.20. The molecule has 0 fully saturated rings. The first kappa shape index (κ1) is 20.6. The van der Waals surface area contributed by atoms with Crippen molar-refractivity contribution in [3.8, 4) is 0 Å². The fourth-order valence-corrected chi connectivity index (χ4v) is 3.20. The average molecular weight is 390 g/mol. The van der Waals surface area contributed by atoms with Crippen molar-refractivity contribution in [3.05, 3.63) is 90.0 Å². The Balaban J connectivity index is 1.65. The number of aromatic nitrogens is 2. The summed E-state index contributed by atoms with van der Waals surface area (Å²) in [7, 11) is 0. The molecule has 0 radical (unpaired) electrons. The summed E-state index contributed by atoms with van der Waals surface area (Å²) in [5.41, 5.74) is 2.57. The van der Waals surface area contributed by atoms with Crippen molar-refractivity contribution in [3.63, 3.8) is 0 Å². The van der Waals surface area contributed by atoms with Gasteiger partial charge in [0.25, 0.3) is 0 Å². The Morgan fingerprint density at radius 1 is 1.00 bits per heavy atom. The summed E-state index contributed by atoms with van der Waals surface area (Å²) in [4.78, 5) is 9.27. The summed E-state index contributed by atoms with van der Waals surface area (Å²) in [6.45, 7) is 9.50. The van der Waals surface area contributed by atoms with E-state index in [1.54, 1.807) is 0 Å². The van der Waals surface area contributed by atoms with E-state index in [2.05, 4.69) is 95.6 Å². The minimum absolute atomic E-state index is 0.00320. The van der Waals surface area contributed by atoms with Crippen molar-refractivity contribution in [2.75, 3.05) is 13.1 Å². The molecule has 0 aliphatic rings. The first-order valence-corrected chi connectivity index (χ1v) is 10.2. The van der Waals surface area contributed by atoms with Gasteiger partial charge >= 0.3 is 0 Å². The topological polar surface area (TPSA) is 54.2 Å². The SMILES string of the molecule is CCNC(=NCc1nccn1Cc1ccccc1)NCC(C)(C)c1ccccc1. The van der Waals surface area contributed by atoms with Crippen LogP contribution in [0, 0.1) is 0 Å². The molecule has 1 aromatic heterocycles. The van der Waals surface area contributed by atoms with Crippen LogP contribution >= 0.6 is 0 Å². The van der Waals surface area contributed by atoms with Crippen LogP contribution in [0.15, 0.2) is 78.0 Å². The normalized spacial score (nSPS) is 12.0. The number of hydrogen-bond acceptors (Lipinski definition) is 2. The zero-order valence-electron chi connectivity index (χ0n) is 17.6. The van der Waals surface area contributed by atoms with Crippen molar-refractivity contribution < 1.29 is 0 Å². The highest BCUT2D eigenvalue weighted by Crippen LogP contribution is 2.21. The smallest absolute Gasteiger partial charge is 0.191 e. The molecule has 5 heteroatoms. The predicted octanol–water partition coefficient (Wildman–Crippen LogP) is 3.96. The van der Waals surface area contributed by atoms with Gasteiger partial charge in [-0.3, -0.25) is 0 Å². The molecule has 2 aromatic carbocycles. The monoisotopic (exact) mass is 389 g/mol. The molecule has 29 heavy (non-hydrogen) atoms. The van der Waals surface area contributed by atoms with Gasteiger partial charge in [0.2, 0.25) is 0 Å². The van der Waals surface area contributed by atoms with Gasteiger partial charge in [-0.25, -0.2) is 9.98 Å². The number of aliphatic imine (C=N–C) groups is 1. The number of guanidine groups is 1. The zero-order valence-corrected chi connectivity index (χ0v) is 17.6. The van der Waals surface area contributed by atoms with Crippen molar-refractivity contribution >= 4 is 5.96 Å². The molecule has 0 amide bonds. The van der Waals surface area contributed by atoms with Crippen molar-refractivity contribution in [2.24, 2.45) is 4.99 Å². The molecular weight excluding hydrogens is 358 g/mol. The third kappa shape index (κ3) is 5.95. The second kappa shape index (κ2) is 9.92. The molecule has 1 heterocycles. The molecule has 0 saturated carbocycles. The lowest BCUT2D eigenvalue weighted by Gasteiger charge is -2.26. The van der Waals surface area contributed by atoms with Crippen LogP contribution in [-0.2, 0) is 18.5 Å². The highest BCUT2D eigenvalue weighted by atomic mass is 15.2. The lowest BCUT2D eigenvalue weighted by Crippen LogP contribution is -2.43. The van der Waals surface area contributed by atoms with E-state index in [1.807, 2.05) is 18.5 Å². The number of imidazole rings is 1. The van der Waals surface area contributed by atoms with Gasteiger partial charge in [0, 0.05) is 37.4 Å². The lowest BCUT2D eigenvalue weighted by molar-refractivity contribution is 0.508. The molecule has 0 atom stereocenters. The van der Waals surface area contributed by atoms with Crippen molar-refractivity contribution in [1.29, 1.82) is 0 Å². The second-order valence-corrected chi connectivity index (χ2v) is 7.76. The van der Waals surface area contributed by atoms with Crippen LogP contribution in [0.1, 0.15) is 37.7 Å². The van der Waals surface area contributed by atoms with E-state index in [1.165, 1.54) is 11.1 Å². The molecule has 5 nitrogen and oxygen atoms in total. The summed E-state index contributed by atoms with van der Waals surface area (Å²) in [6, 6.07) is 21.0. The highest BCUT2D eigenvalue weighted by Gasteiger charge is 2.20. The number of benzene rings is 2. The highest BCUT2D eigenvalue weighted by molar-refractivity contribution is 5.79. The third-order valence-corrected chi connectivity index (χ3v) is 4.97. The quantitative estimate of drug-likeness (QED) is 0.453. The minimum Gasteiger partial charge on any atom is -0.357 e. The molecule has 3 aromatic rings. The molecule has 0 saturated heterocycles. The standard InChI is InChI=1S/C24H31N5/c1-4-25-23(28-19-24(2,3)21-13-9-6-10-14-21)27-17-22-26-15-16-29(22)18-20-11-7-5-8-12-20/h5-16H,4,17-19H2,1-3H3,(H2,25,27,28). The Bertz CT molecular complexity index is 897. The van der Waals surface area contributed by atoms with E-state index < -0.39 is 0 Å². The van der Waals surface area contributed by atoms with E-state index >= 15 is 0 Å². The van der Waals surface area contributed by atoms with Gasteiger partial charge in [0.05, 0.1) is 0 Å². The van der Waals surface area contributed by atoms with Crippen LogP contribution in [-0.4, -0.2) is 28.6 Å². The number of nitrogens with zero attached hydrogens (tertiary/aromatic N) is 3. The van der Waals surface area contributed by atoms with Crippen LogP contribution in [0.25, 0.3) is 0 Å². The van der Waals surface area contributed by atoms with Crippen LogP contribution in [0.3, 0.4) is 0 Å². The summed E-state index contributed by atoms with van der Waals surface area (Å²) in [5.74, 6) is 1.76. The molecular formula is C24H31N5. The molecule has 0 unspecified atom stereocenters. The summed E-state index contributed by atoms with van der Waals surface area (Å²) >= 11 is 0. The maximum atomic E-state index is 4.77. The third-order valence-electron chi connectivity index (χ3n) is 4.97. The average Bonchev–Trinajstić information content (AvgIpc) is 3.18. The van der Waals surface area contributed by atoms with Gasteiger partial charge in [0.15, 0.2) is 5.96 Å². The van der Waals surface area contributed by atoms with E-state index in [4.69, 9.17) is 4.99 Å². The first-order valence-electron chi connectivity index (χ1n) is 10.2. The maximum Gasteiger partial charge on any atom is 0.191 e. The Morgan fingerprint density at radius 3 is 2.38 bits per heavy atom. The Hall–Kier alpha value is -3.08. The molecule has 0 spiro atoms. The van der Waals surface area contributed by atoms with Gasteiger partial charge in [-0.2, -0.15) is 0 Å². The second-order valence-electron chi connectivity index (χ2n) is 7.76. The van der Waals surface area contributed by atoms with E-state index in [9.17, 15) is 0 Å². The number of rotatable bonds is 8. The van der Waals surface area contributed by atoms with Gasteiger partial charge < -0.3 is 15.2 Å². The number of hydrogen-bond donors (Lipinski definition) is 2. The molecule has 0 aliphatic carbocycles. The Kier molecular flexibility index (Phi) is 7.06. The van der Waals surface area contributed by atoms with Crippen molar-refractivity contribution in [1.82, 2.24) is 20.2 Å². The summed E-state index contributed by atoms with van der Waals surface area (Å²) < 4.78 is 2.15. The van der Waals surface area contributed by atoms with Crippen molar-refractivity contribution in [2.45, 2.75) is 39.3 Å². The van der Waals surface area contributed by atoms with Crippen LogP contribution in [0.4, 0.5) is 0 Å². The van der Waals surface area contributed by atoms with Crippen LogP contribution in [0.5, 0.6) is 0 Å². The molecule has 0 bridgehead atoms. The van der Waals surface area contributed by atoms with Gasteiger partial charge in [-0.05, 0) is 18.1 Å². The minimum atomic E-state index is 0.00320. The predicted molar refractivity (Wildman–Crippen MR) is 120 cm³/mol. The van der Waals surface area contributed by atoms with Crippen LogP contribution < -0.4 is 10.6 Å². The van der Waals surface area contributed by atoms with E-state index in [0.717, 1.165) is 31.4 Å². The van der Waals surface area contributed by atoms with Gasteiger partial charge in [-0.1, -0.05) is 74.5 Å². The Labute approximate surface area is 173 Å². The Morgan fingerprint density at radius 2 is 1.69 bits per heavy atom. The maximum absolute atomic E-state index is 4.77. The summed E-state index contributed by atoms with van der Waals surface area (Å²) in [6.07, 6.45) is 3.85. The van der Waals surface area contributed by atoms with Gasteiger partial charge in [0.1, 0.15) is 12.4 Å². The summed E-state index contributed by atoms with van der Waals surface area (Å²) in [5, 5.41) is 6.83. The van der Waals surface area contributed by atoms with Crippen LogP contribution in [0.2, 0.25) is 0 Å². The molecule has 3 rings (SSSR count). The van der Waals surface area contributed by atoms with E-state index in [-0.39, 0.29) is 5.41 Å². The molecule has 0 aliphatic heterocycles. The molecule has 152 valence electrons.